The highest BCUT2D eigenvalue weighted by atomic mass is 35.5. The molecule has 0 unspecified atom stereocenters. The Balaban J connectivity index is 1.82. The summed E-state index contributed by atoms with van der Waals surface area (Å²) in [6.45, 7) is 9.29. The summed E-state index contributed by atoms with van der Waals surface area (Å²) in [5.74, 6) is 1.48. The van der Waals surface area contributed by atoms with Crippen LogP contribution in [0.5, 0.6) is 11.5 Å². The summed E-state index contributed by atoms with van der Waals surface area (Å²) in [5.41, 5.74) is 6.91. The molecule has 0 heterocycles. The summed E-state index contributed by atoms with van der Waals surface area (Å²) >= 11 is 5.97. The van der Waals surface area contributed by atoms with Crippen LogP contribution in [0.25, 0.3) is 0 Å². The quantitative estimate of drug-likeness (QED) is 0.382. The maximum absolute atomic E-state index is 6.15. The summed E-state index contributed by atoms with van der Waals surface area (Å²) in [7, 11) is 1.67. The lowest BCUT2D eigenvalue weighted by Gasteiger charge is -2.18. The Morgan fingerprint density at radius 1 is 1.03 bits per heavy atom. The molecule has 0 saturated carbocycles. The van der Waals surface area contributed by atoms with E-state index in [4.69, 9.17) is 21.1 Å². The van der Waals surface area contributed by atoms with Crippen molar-refractivity contribution in [2.24, 2.45) is 0 Å². The fraction of sp³-hybridized carbons (Fsp3) is 0.231. The standard InChI is InChI=1S/C26H28ClNO2/c1-5-7-22-14-21(16-28-24-9-6-8-18(2)19(24)3)15-25(29-4)26(22)30-17-20-10-12-23(27)13-11-20/h5-6,8-15,28H,1,7,16-17H2,2-4H3. The molecule has 0 saturated heterocycles. The number of nitrogens with one attached hydrogen (secondary N) is 1. The zero-order valence-corrected chi connectivity index (χ0v) is 18.6. The molecule has 0 aliphatic carbocycles. The highest BCUT2D eigenvalue weighted by Crippen LogP contribution is 2.34. The molecule has 0 bridgehead atoms. The third-order valence-corrected chi connectivity index (χ3v) is 5.41. The van der Waals surface area contributed by atoms with Crippen molar-refractivity contribution in [2.75, 3.05) is 12.4 Å². The van der Waals surface area contributed by atoms with Crippen LogP contribution in [0.4, 0.5) is 5.69 Å². The van der Waals surface area contributed by atoms with Crippen molar-refractivity contribution in [3.63, 3.8) is 0 Å². The molecule has 3 rings (SSSR count). The number of aryl methyl sites for hydroxylation is 1. The molecule has 30 heavy (non-hydrogen) atoms. The molecular formula is C26H28ClNO2. The fourth-order valence-corrected chi connectivity index (χ4v) is 3.45. The molecular weight excluding hydrogens is 394 g/mol. The van der Waals surface area contributed by atoms with Gasteiger partial charge in [-0.1, -0.05) is 41.9 Å². The summed E-state index contributed by atoms with van der Waals surface area (Å²) in [4.78, 5) is 0. The van der Waals surface area contributed by atoms with Crippen LogP contribution >= 0.6 is 11.6 Å². The SMILES string of the molecule is C=CCc1cc(CNc2cccc(C)c2C)cc(OC)c1OCc1ccc(Cl)cc1. The van der Waals surface area contributed by atoms with Gasteiger partial charge in [-0.25, -0.2) is 0 Å². The van der Waals surface area contributed by atoms with Crippen molar-refractivity contribution in [1.82, 2.24) is 0 Å². The summed E-state index contributed by atoms with van der Waals surface area (Å²) < 4.78 is 11.8. The van der Waals surface area contributed by atoms with E-state index in [9.17, 15) is 0 Å². The molecule has 3 aromatic carbocycles. The maximum Gasteiger partial charge on any atom is 0.165 e. The Bertz CT molecular complexity index is 1010. The predicted molar refractivity (Wildman–Crippen MR) is 126 cm³/mol. The van der Waals surface area contributed by atoms with Crippen molar-refractivity contribution in [3.8, 4) is 11.5 Å². The molecule has 0 fully saturated rings. The molecule has 0 spiro atoms. The van der Waals surface area contributed by atoms with E-state index in [1.54, 1.807) is 7.11 Å². The van der Waals surface area contributed by atoms with Gasteiger partial charge in [0.1, 0.15) is 6.61 Å². The topological polar surface area (TPSA) is 30.5 Å². The number of methoxy groups -OCH3 is 1. The molecule has 0 amide bonds. The van der Waals surface area contributed by atoms with Crippen LogP contribution in [-0.4, -0.2) is 7.11 Å². The zero-order valence-electron chi connectivity index (χ0n) is 17.8. The average Bonchev–Trinajstić information content (AvgIpc) is 2.75. The smallest absolute Gasteiger partial charge is 0.165 e. The van der Waals surface area contributed by atoms with Gasteiger partial charge >= 0.3 is 0 Å². The third kappa shape index (κ3) is 5.37. The van der Waals surface area contributed by atoms with Gasteiger partial charge in [-0.3, -0.25) is 0 Å². The van der Waals surface area contributed by atoms with E-state index in [0.717, 1.165) is 33.9 Å². The minimum atomic E-state index is 0.442. The lowest BCUT2D eigenvalue weighted by Crippen LogP contribution is -2.05. The second kappa shape index (κ2) is 10.2. The van der Waals surface area contributed by atoms with Crippen LogP contribution < -0.4 is 14.8 Å². The van der Waals surface area contributed by atoms with Crippen LogP contribution in [0.3, 0.4) is 0 Å². The minimum Gasteiger partial charge on any atom is -0.493 e. The molecule has 4 heteroatoms. The number of rotatable bonds is 9. The van der Waals surface area contributed by atoms with Crippen LogP contribution in [-0.2, 0) is 19.6 Å². The van der Waals surface area contributed by atoms with E-state index < -0.39 is 0 Å². The van der Waals surface area contributed by atoms with Gasteiger partial charge in [-0.15, -0.1) is 6.58 Å². The van der Waals surface area contributed by atoms with E-state index in [1.165, 1.54) is 11.1 Å². The molecule has 156 valence electrons. The Kier molecular flexibility index (Phi) is 7.42. The van der Waals surface area contributed by atoms with E-state index in [0.29, 0.717) is 24.6 Å². The van der Waals surface area contributed by atoms with Crippen molar-refractivity contribution in [1.29, 1.82) is 0 Å². The molecule has 3 nitrogen and oxygen atoms in total. The number of hydrogen-bond acceptors (Lipinski definition) is 3. The van der Waals surface area contributed by atoms with Gasteiger partial charge in [0.05, 0.1) is 7.11 Å². The van der Waals surface area contributed by atoms with Gasteiger partial charge in [-0.2, -0.15) is 0 Å². The lowest BCUT2D eigenvalue weighted by atomic mass is 10.0. The Morgan fingerprint density at radius 3 is 2.50 bits per heavy atom. The number of ether oxygens (including phenoxy) is 2. The van der Waals surface area contributed by atoms with Gasteiger partial charge in [0, 0.05) is 22.8 Å². The first-order chi connectivity index (χ1) is 14.5. The lowest BCUT2D eigenvalue weighted by molar-refractivity contribution is 0.281. The summed E-state index contributed by atoms with van der Waals surface area (Å²) in [6, 6.07) is 18.1. The van der Waals surface area contributed by atoms with Gasteiger partial charge in [0.25, 0.3) is 0 Å². The molecule has 0 aliphatic rings. The van der Waals surface area contributed by atoms with Gasteiger partial charge in [-0.05, 0) is 72.9 Å². The second-order valence-electron chi connectivity index (χ2n) is 7.30. The molecule has 0 aromatic heterocycles. The molecule has 1 N–H and O–H groups in total. The normalized spacial score (nSPS) is 10.5. The monoisotopic (exact) mass is 421 g/mol. The number of allylic oxidation sites excluding steroid dienone is 1. The van der Waals surface area contributed by atoms with Crippen LogP contribution in [0.1, 0.15) is 27.8 Å². The summed E-state index contributed by atoms with van der Waals surface area (Å²) in [5, 5.41) is 4.25. The van der Waals surface area contributed by atoms with E-state index in [-0.39, 0.29) is 0 Å². The largest absolute Gasteiger partial charge is 0.493 e. The number of benzene rings is 3. The van der Waals surface area contributed by atoms with Gasteiger partial charge < -0.3 is 14.8 Å². The van der Waals surface area contributed by atoms with Crippen molar-refractivity contribution < 1.29 is 9.47 Å². The Labute approximate surface area is 184 Å². The number of hydrogen-bond donors (Lipinski definition) is 1. The number of anilines is 1. The first-order valence-corrected chi connectivity index (χ1v) is 10.4. The van der Waals surface area contributed by atoms with Crippen molar-refractivity contribution >= 4 is 17.3 Å². The van der Waals surface area contributed by atoms with Crippen LogP contribution in [0, 0.1) is 13.8 Å². The van der Waals surface area contributed by atoms with Crippen molar-refractivity contribution in [3.05, 3.63) is 100 Å². The van der Waals surface area contributed by atoms with E-state index in [2.05, 4.69) is 50.0 Å². The van der Waals surface area contributed by atoms with Crippen molar-refractivity contribution in [2.45, 2.75) is 33.4 Å². The maximum atomic E-state index is 6.15. The van der Waals surface area contributed by atoms with Gasteiger partial charge in [0.15, 0.2) is 11.5 Å². The van der Waals surface area contributed by atoms with E-state index in [1.807, 2.05) is 36.4 Å². The molecule has 0 aliphatic heterocycles. The molecule has 3 aromatic rings. The highest BCUT2D eigenvalue weighted by Gasteiger charge is 2.13. The minimum absolute atomic E-state index is 0.442. The summed E-state index contributed by atoms with van der Waals surface area (Å²) in [6.07, 6.45) is 2.58. The predicted octanol–water partition coefficient (Wildman–Crippen LogP) is 6.89. The first kappa shape index (κ1) is 21.8. The Morgan fingerprint density at radius 2 is 1.80 bits per heavy atom. The highest BCUT2D eigenvalue weighted by molar-refractivity contribution is 6.30. The van der Waals surface area contributed by atoms with Crippen LogP contribution in [0.15, 0.2) is 67.3 Å². The third-order valence-electron chi connectivity index (χ3n) is 5.16. The van der Waals surface area contributed by atoms with Gasteiger partial charge in [0.2, 0.25) is 0 Å². The first-order valence-electron chi connectivity index (χ1n) is 9.99. The van der Waals surface area contributed by atoms with Crippen LogP contribution in [0.2, 0.25) is 5.02 Å². The van der Waals surface area contributed by atoms with E-state index >= 15 is 0 Å². The number of halogens is 1. The molecule has 0 atom stereocenters. The Hall–Kier alpha value is -2.91. The zero-order chi connectivity index (χ0) is 21.5. The second-order valence-corrected chi connectivity index (χ2v) is 7.73. The molecule has 0 radical (unpaired) electrons. The fourth-order valence-electron chi connectivity index (χ4n) is 3.32. The average molecular weight is 422 g/mol.